The molecule has 0 aromatic rings. The minimum atomic E-state index is -3.14. The van der Waals surface area contributed by atoms with Crippen molar-refractivity contribution in [3.8, 4) is 0 Å². The summed E-state index contributed by atoms with van der Waals surface area (Å²) in [5.41, 5.74) is 0.00349. The molecule has 0 aromatic heterocycles. The zero-order valence-electron chi connectivity index (χ0n) is 9.42. The lowest BCUT2D eigenvalue weighted by atomic mass is 9.89. The van der Waals surface area contributed by atoms with Crippen LogP contribution < -0.4 is 4.72 Å². The number of hydrogen-bond acceptors (Lipinski definition) is 2. The third-order valence-electron chi connectivity index (χ3n) is 3.22. The highest BCUT2D eigenvalue weighted by Gasteiger charge is 2.34. The summed E-state index contributed by atoms with van der Waals surface area (Å²) in [6, 6.07) is 0. The van der Waals surface area contributed by atoms with E-state index >= 15 is 0 Å². The zero-order chi connectivity index (χ0) is 11.5. The summed E-state index contributed by atoms with van der Waals surface area (Å²) in [5.74, 6) is 0.549. The molecule has 0 saturated heterocycles. The number of sulfonamides is 1. The predicted octanol–water partition coefficient (Wildman–Crippen LogP) is 2.11. The molecule has 0 unspecified atom stereocenters. The Hall–Kier alpha value is 0.200. The van der Waals surface area contributed by atoms with Crippen molar-refractivity contribution in [1.29, 1.82) is 0 Å². The molecule has 15 heavy (non-hydrogen) atoms. The lowest BCUT2D eigenvalue weighted by Gasteiger charge is -2.26. The third-order valence-corrected chi connectivity index (χ3v) is 5.57. The molecule has 0 heterocycles. The van der Waals surface area contributed by atoms with E-state index in [-0.39, 0.29) is 10.7 Å². The van der Waals surface area contributed by atoms with Gasteiger partial charge in [0.15, 0.2) is 0 Å². The number of halogens is 1. The summed E-state index contributed by atoms with van der Waals surface area (Å²) >= 11 is 5.94. The molecule has 5 heteroatoms. The van der Waals surface area contributed by atoms with Gasteiger partial charge in [0.25, 0.3) is 0 Å². The molecule has 1 aliphatic carbocycles. The molecule has 0 amide bonds. The maximum Gasteiger partial charge on any atom is 0.213 e. The van der Waals surface area contributed by atoms with Gasteiger partial charge in [-0.15, -0.1) is 11.6 Å². The van der Waals surface area contributed by atoms with Crippen molar-refractivity contribution in [3.05, 3.63) is 0 Å². The van der Waals surface area contributed by atoms with E-state index < -0.39 is 10.0 Å². The van der Waals surface area contributed by atoms with Crippen molar-refractivity contribution in [2.75, 3.05) is 12.4 Å². The first kappa shape index (κ1) is 13.3. The Labute approximate surface area is 97.6 Å². The van der Waals surface area contributed by atoms with Crippen molar-refractivity contribution < 1.29 is 8.42 Å². The molecule has 1 fully saturated rings. The van der Waals surface area contributed by atoms with Crippen LogP contribution in [0.5, 0.6) is 0 Å². The average Bonchev–Trinajstić information content (AvgIpc) is 2.64. The van der Waals surface area contributed by atoms with Crippen LogP contribution in [0.3, 0.4) is 0 Å². The fourth-order valence-electron chi connectivity index (χ4n) is 1.90. The number of alkyl halides is 1. The maximum atomic E-state index is 11.6. The van der Waals surface area contributed by atoms with Crippen molar-refractivity contribution in [1.82, 2.24) is 4.72 Å². The van der Waals surface area contributed by atoms with Crippen molar-refractivity contribution in [2.24, 2.45) is 5.41 Å². The summed E-state index contributed by atoms with van der Waals surface area (Å²) in [6.45, 7) is 3.87. The minimum Gasteiger partial charge on any atom is -0.214 e. The topological polar surface area (TPSA) is 46.2 Å². The zero-order valence-corrected chi connectivity index (χ0v) is 11.0. The quantitative estimate of drug-likeness (QED) is 0.763. The van der Waals surface area contributed by atoms with E-state index in [4.69, 9.17) is 11.6 Å². The number of hydrogen-bond donors (Lipinski definition) is 1. The highest BCUT2D eigenvalue weighted by Crippen LogP contribution is 2.38. The van der Waals surface area contributed by atoms with Gasteiger partial charge in [0.1, 0.15) is 0 Å². The highest BCUT2D eigenvalue weighted by molar-refractivity contribution is 7.90. The van der Waals surface area contributed by atoms with Crippen LogP contribution in [0.4, 0.5) is 0 Å². The lowest BCUT2D eigenvalue weighted by Crippen LogP contribution is -2.40. The predicted molar refractivity (Wildman–Crippen MR) is 63.7 cm³/mol. The summed E-state index contributed by atoms with van der Waals surface area (Å²) in [7, 11) is -3.14. The Kier molecular flexibility index (Phi) is 4.44. The van der Waals surface area contributed by atoms with Crippen molar-refractivity contribution in [2.45, 2.75) is 44.8 Å². The number of nitrogens with one attached hydrogen (secondary N) is 1. The van der Waals surface area contributed by atoms with Gasteiger partial charge in [-0.25, -0.2) is 13.1 Å². The van der Waals surface area contributed by atoms with E-state index in [1.807, 2.05) is 0 Å². The van der Waals surface area contributed by atoms with Gasteiger partial charge in [-0.3, -0.25) is 0 Å². The van der Waals surface area contributed by atoms with Crippen LogP contribution in [0, 0.1) is 5.41 Å². The second kappa shape index (κ2) is 5.02. The van der Waals surface area contributed by atoms with E-state index in [2.05, 4.69) is 4.72 Å². The molecule has 0 atom stereocenters. The molecule has 90 valence electrons. The Morgan fingerprint density at radius 2 is 1.87 bits per heavy atom. The summed E-state index contributed by atoms with van der Waals surface area (Å²) in [4.78, 5) is 0. The van der Waals surface area contributed by atoms with Crippen LogP contribution in [0.25, 0.3) is 0 Å². The molecule has 0 spiro atoms. The molecule has 1 N–H and O–H groups in total. The normalized spacial score (nSPS) is 21.1. The average molecular weight is 254 g/mol. The maximum absolute atomic E-state index is 11.6. The second-order valence-electron chi connectivity index (χ2n) is 4.76. The Morgan fingerprint density at radius 3 is 2.27 bits per heavy atom. The first-order chi connectivity index (χ1) is 6.92. The van der Waals surface area contributed by atoms with Gasteiger partial charge in [0, 0.05) is 12.4 Å². The van der Waals surface area contributed by atoms with Crippen LogP contribution in [0.15, 0.2) is 0 Å². The SMILES string of the molecule is CC(C)S(=O)(=O)NCC1(CCl)CCCC1. The van der Waals surface area contributed by atoms with Gasteiger partial charge in [-0.1, -0.05) is 12.8 Å². The molecule has 0 bridgehead atoms. The molecular weight excluding hydrogens is 234 g/mol. The van der Waals surface area contributed by atoms with Crippen LogP contribution >= 0.6 is 11.6 Å². The molecule has 1 saturated carbocycles. The fourth-order valence-corrected chi connectivity index (χ4v) is 3.11. The summed E-state index contributed by atoms with van der Waals surface area (Å²) in [6.07, 6.45) is 4.40. The molecular formula is C10H20ClNO2S. The van der Waals surface area contributed by atoms with Crippen LogP contribution in [0.2, 0.25) is 0 Å². The van der Waals surface area contributed by atoms with Gasteiger partial charge in [0.2, 0.25) is 10.0 Å². The minimum absolute atomic E-state index is 0.00349. The van der Waals surface area contributed by atoms with Crippen molar-refractivity contribution in [3.63, 3.8) is 0 Å². The van der Waals surface area contributed by atoms with Crippen LogP contribution in [0.1, 0.15) is 39.5 Å². The molecule has 0 aliphatic heterocycles. The van der Waals surface area contributed by atoms with Gasteiger partial charge < -0.3 is 0 Å². The molecule has 0 aromatic carbocycles. The summed E-state index contributed by atoms with van der Waals surface area (Å²) in [5, 5.41) is -0.369. The molecule has 1 aliphatic rings. The van der Waals surface area contributed by atoms with E-state index in [1.165, 1.54) is 0 Å². The van der Waals surface area contributed by atoms with E-state index in [9.17, 15) is 8.42 Å². The number of rotatable bonds is 5. The van der Waals surface area contributed by atoms with Crippen LogP contribution in [-0.4, -0.2) is 26.1 Å². The summed E-state index contributed by atoms with van der Waals surface area (Å²) < 4.78 is 25.9. The van der Waals surface area contributed by atoms with Gasteiger partial charge in [-0.2, -0.15) is 0 Å². The molecule has 3 nitrogen and oxygen atoms in total. The Balaban J connectivity index is 2.55. The molecule has 0 radical (unpaired) electrons. The Morgan fingerprint density at radius 1 is 1.33 bits per heavy atom. The first-order valence-corrected chi connectivity index (χ1v) is 7.54. The molecule has 1 rings (SSSR count). The Bertz CT molecular complexity index is 295. The smallest absolute Gasteiger partial charge is 0.213 e. The second-order valence-corrected chi connectivity index (χ2v) is 7.34. The van der Waals surface area contributed by atoms with E-state index in [0.717, 1.165) is 25.7 Å². The lowest BCUT2D eigenvalue weighted by molar-refractivity contribution is 0.342. The fraction of sp³-hybridized carbons (Fsp3) is 1.00. The van der Waals surface area contributed by atoms with Crippen LogP contribution in [-0.2, 0) is 10.0 Å². The van der Waals surface area contributed by atoms with Crippen molar-refractivity contribution >= 4 is 21.6 Å². The monoisotopic (exact) mass is 253 g/mol. The third kappa shape index (κ3) is 3.33. The highest BCUT2D eigenvalue weighted by atomic mass is 35.5. The van der Waals surface area contributed by atoms with Gasteiger partial charge in [0.05, 0.1) is 5.25 Å². The van der Waals surface area contributed by atoms with Gasteiger partial charge in [-0.05, 0) is 32.1 Å². The van der Waals surface area contributed by atoms with E-state index in [0.29, 0.717) is 12.4 Å². The van der Waals surface area contributed by atoms with Gasteiger partial charge >= 0.3 is 0 Å². The van der Waals surface area contributed by atoms with E-state index in [1.54, 1.807) is 13.8 Å². The largest absolute Gasteiger partial charge is 0.214 e. The first-order valence-electron chi connectivity index (χ1n) is 5.46. The standard InChI is InChI=1S/C10H20ClNO2S/c1-9(2)15(13,14)12-8-10(7-11)5-3-4-6-10/h9,12H,3-8H2,1-2H3.